The smallest absolute Gasteiger partial charge is 0.338 e. The molecule has 1 aromatic carbocycles. The Morgan fingerprint density at radius 3 is 2.87 bits per heavy atom. The average Bonchev–Trinajstić information content (AvgIpc) is 2.60. The molecule has 1 heterocycles. The summed E-state index contributed by atoms with van der Waals surface area (Å²) in [5.74, 6) is -0.940. The normalized spacial score (nSPS) is 12.9. The van der Waals surface area contributed by atoms with Crippen molar-refractivity contribution in [1.29, 1.82) is 0 Å². The molecule has 0 fully saturated rings. The molecule has 0 aliphatic rings. The Morgan fingerprint density at radius 2 is 2.27 bits per heavy atom. The molecule has 0 saturated carbocycles. The van der Waals surface area contributed by atoms with E-state index in [1.165, 1.54) is 13.0 Å². The molecule has 15 heavy (non-hydrogen) atoms. The topological polar surface area (TPSA) is 83.6 Å². The van der Waals surface area contributed by atoms with Crippen LogP contribution in [-0.2, 0) is 0 Å². The fraction of sp³-hybridized carbons (Fsp3) is 0.200. The van der Waals surface area contributed by atoms with Gasteiger partial charge in [0, 0.05) is 0 Å². The summed E-state index contributed by atoms with van der Waals surface area (Å²) in [4.78, 5) is 14.8. The van der Waals surface area contributed by atoms with Crippen LogP contribution in [0.1, 0.15) is 29.3 Å². The van der Waals surface area contributed by atoms with Gasteiger partial charge in [0.05, 0.1) is 5.56 Å². The summed E-state index contributed by atoms with van der Waals surface area (Å²) in [6.07, 6.45) is -0.848. The predicted octanol–water partition coefficient (Wildman–Crippen LogP) is 1.58. The molecular weight excluding hydrogens is 198 g/mol. The lowest BCUT2D eigenvalue weighted by Gasteiger charge is -1.93. The van der Waals surface area contributed by atoms with Gasteiger partial charge in [-0.3, -0.25) is 0 Å². The van der Waals surface area contributed by atoms with Gasteiger partial charge in [0.1, 0.15) is 11.6 Å². The van der Waals surface area contributed by atoms with Gasteiger partial charge in [-0.1, -0.05) is 6.07 Å². The van der Waals surface area contributed by atoms with Crippen LogP contribution in [0, 0.1) is 0 Å². The van der Waals surface area contributed by atoms with Crippen molar-refractivity contribution in [3.63, 3.8) is 0 Å². The van der Waals surface area contributed by atoms with E-state index in [1.807, 2.05) is 0 Å². The van der Waals surface area contributed by atoms with Gasteiger partial charge in [0.2, 0.25) is 5.89 Å². The fourth-order valence-electron chi connectivity index (χ4n) is 1.32. The number of carboxylic acid groups (broad SMARTS) is 1. The first-order valence-electron chi connectivity index (χ1n) is 4.40. The highest BCUT2D eigenvalue weighted by atomic mass is 16.4. The molecule has 1 aromatic heterocycles. The molecule has 2 aromatic rings. The quantitative estimate of drug-likeness (QED) is 0.781. The van der Waals surface area contributed by atoms with Crippen LogP contribution in [0.15, 0.2) is 22.6 Å². The minimum Gasteiger partial charge on any atom is -0.478 e. The minimum atomic E-state index is -1.06. The van der Waals surface area contributed by atoms with Gasteiger partial charge in [-0.15, -0.1) is 0 Å². The second-order valence-electron chi connectivity index (χ2n) is 3.19. The van der Waals surface area contributed by atoms with Crippen molar-refractivity contribution in [1.82, 2.24) is 4.98 Å². The molecule has 78 valence electrons. The zero-order chi connectivity index (χ0) is 11.0. The molecule has 0 radical (unpaired) electrons. The Morgan fingerprint density at radius 1 is 1.53 bits per heavy atom. The molecule has 1 unspecified atom stereocenters. The fourth-order valence-corrected chi connectivity index (χ4v) is 1.32. The Hall–Kier alpha value is -1.88. The van der Waals surface area contributed by atoms with Gasteiger partial charge in [0.25, 0.3) is 0 Å². The molecule has 1 atom stereocenters. The number of benzene rings is 1. The maximum Gasteiger partial charge on any atom is 0.338 e. The van der Waals surface area contributed by atoms with Gasteiger partial charge in [-0.05, 0) is 19.1 Å². The van der Waals surface area contributed by atoms with Crippen molar-refractivity contribution >= 4 is 17.1 Å². The highest BCUT2D eigenvalue weighted by Gasteiger charge is 2.16. The van der Waals surface area contributed by atoms with Gasteiger partial charge < -0.3 is 14.6 Å². The number of hydrogen-bond donors (Lipinski definition) is 2. The van der Waals surface area contributed by atoms with Crippen molar-refractivity contribution in [2.24, 2.45) is 0 Å². The van der Waals surface area contributed by atoms with Crippen LogP contribution in [0.3, 0.4) is 0 Å². The third-order valence-electron chi connectivity index (χ3n) is 2.02. The molecular formula is C10H9NO4. The van der Waals surface area contributed by atoms with Crippen LogP contribution >= 0.6 is 0 Å². The van der Waals surface area contributed by atoms with Crippen LogP contribution in [-0.4, -0.2) is 21.2 Å². The summed E-state index contributed by atoms with van der Waals surface area (Å²) in [7, 11) is 0. The summed E-state index contributed by atoms with van der Waals surface area (Å²) in [5.41, 5.74) is 0.704. The van der Waals surface area contributed by atoms with E-state index in [-0.39, 0.29) is 17.0 Å². The molecule has 0 aliphatic carbocycles. The Bertz CT molecular complexity index is 515. The van der Waals surface area contributed by atoms with Gasteiger partial charge in [0.15, 0.2) is 5.58 Å². The lowest BCUT2D eigenvalue weighted by Crippen LogP contribution is -1.97. The zero-order valence-electron chi connectivity index (χ0n) is 7.97. The van der Waals surface area contributed by atoms with Gasteiger partial charge >= 0.3 is 5.97 Å². The standard InChI is InChI=1S/C10H9NO4/c1-5(12)9-11-8-6(10(13)14)3-2-4-7(8)15-9/h2-5,12H,1H3,(H,13,14). The highest BCUT2D eigenvalue weighted by molar-refractivity contribution is 6.00. The number of hydrogen-bond acceptors (Lipinski definition) is 4. The summed E-state index contributed by atoms with van der Waals surface area (Å²) in [6.45, 7) is 1.51. The van der Waals surface area contributed by atoms with Crippen molar-refractivity contribution in [3.05, 3.63) is 29.7 Å². The molecule has 0 saturated heterocycles. The maximum atomic E-state index is 10.8. The number of para-hydroxylation sites is 1. The van der Waals surface area contributed by atoms with Crippen molar-refractivity contribution in [2.45, 2.75) is 13.0 Å². The molecule has 0 bridgehead atoms. The van der Waals surface area contributed by atoms with Crippen molar-refractivity contribution < 1.29 is 19.4 Å². The van der Waals surface area contributed by atoms with E-state index in [2.05, 4.69) is 4.98 Å². The number of fused-ring (bicyclic) bond motifs is 1. The first-order chi connectivity index (χ1) is 7.09. The minimum absolute atomic E-state index is 0.0724. The summed E-state index contributed by atoms with van der Waals surface area (Å²) in [6, 6.07) is 4.63. The number of aliphatic hydroxyl groups is 1. The maximum absolute atomic E-state index is 10.8. The molecule has 0 amide bonds. The number of oxazole rings is 1. The number of rotatable bonds is 2. The second-order valence-corrected chi connectivity index (χ2v) is 3.19. The van der Waals surface area contributed by atoms with E-state index < -0.39 is 12.1 Å². The summed E-state index contributed by atoms with van der Waals surface area (Å²) in [5, 5.41) is 18.1. The number of aromatic carboxylic acids is 1. The average molecular weight is 207 g/mol. The highest BCUT2D eigenvalue weighted by Crippen LogP contribution is 2.22. The molecule has 5 heteroatoms. The zero-order valence-corrected chi connectivity index (χ0v) is 7.97. The Kier molecular flexibility index (Phi) is 2.17. The Labute approximate surface area is 85.0 Å². The number of aliphatic hydroxyl groups excluding tert-OH is 1. The third-order valence-corrected chi connectivity index (χ3v) is 2.02. The van der Waals surface area contributed by atoms with Gasteiger partial charge in [-0.2, -0.15) is 0 Å². The van der Waals surface area contributed by atoms with Crippen LogP contribution < -0.4 is 0 Å². The number of carbonyl (C=O) groups is 1. The molecule has 0 aliphatic heterocycles. The Balaban J connectivity index is 2.70. The van der Waals surface area contributed by atoms with E-state index in [1.54, 1.807) is 12.1 Å². The molecule has 5 nitrogen and oxygen atoms in total. The van der Waals surface area contributed by atoms with Gasteiger partial charge in [-0.25, -0.2) is 9.78 Å². The first kappa shape index (κ1) is 9.67. The first-order valence-corrected chi connectivity index (χ1v) is 4.40. The lowest BCUT2D eigenvalue weighted by atomic mass is 10.2. The van der Waals surface area contributed by atoms with E-state index >= 15 is 0 Å². The van der Waals surface area contributed by atoms with Crippen molar-refractivity contribution in [3.8, 4) is 0 Å². The van der Waals surface area contributed by atoms with E-state index in [0.717, 1.165) is 0 Å². The predicted molar refractivity (Wildman–Crippen MR) is 51.6 cm³/mol. The monoisotopic (exact) mass is 207 g/mol. The largest absolute Gasteiger partial charge is 0.478 e. The second kappa shape index (κ2) is 3.36. The number of carboxylic acids is 1. The van der Waals surface area contributed by atoms with Crippen molar-refractivity contribution in [2.75, 3.05) is 0 Å². The third kappa shape index (κ3) is 1.57. The van der Waals surface area contributed by atoms with E-state index in [9.17, 15) is 9.90 Å². The number of aromatic nitrogens is 1. The molecule has 2 rings (SSSR count). The molecule has 0 spiro atoms. The van der Waals surface area contributed by atoms with Crippen LogP contribution in [0.2, 0.25) is 0 Å². The lowest BCUT2D eigenvalue weighted by molar-refractivity contribution is 0.0698. The van der Waals surface area contributed by atoms with E-state index in [0.29, 0.717) is 5.58 Å². The number of nitrogens with zero attached hydrogens (tertiary/aromatic N) is 1. The van der Waals surface area contributed by atoms with Crippen LogP contribution in [0.25, 0.3) is 11.1 Å². The van der Waals surface area contributed by atoms with Crippen LogP contribution in [0.5, 0.6) is 0 Å². The summed E-state index contributed by atoms with van der Waals surface area (Å²) >= 11 is 0. The van der Waals surface area contributed by atoms with Crippen LogP contribution in [0.4, 0.5) is 0 Å². The SMILES string of the molecule is CC(O)c1nc2c(C(=O)O)cccc2o1. The molecule has 2 N–H and O–H groups in total. The summed E-state index contributed by atoms with van der Waals surface area (Å²) < 4.78 is 5.20. The van der Waals surface area contributed by atoms with E-state index in [4.69, 9.17) is 9.52 Å².